The molecule has 3 nitrogen and oxygen atoms in total. The Labute approximate surface area is 104 Å². The highest BCUT2D eigenvalue weighted by atomic mass is 19.1. The fourth-order valence-corrected chi connectivity index (χ4v) is 1.79. The van der Waals surface area contributed by atoms with Crippen LogP contribution in [0.4, 0.5) is 4.39 Å². The van der Waals surface area contributed by atoms with Crippen LogP contribution in [0.3, 0.4) is 0 Å². The van der Waals surface area contributed by atoms with E-state index in [1.807, 2.05) is 13.0 Å². The van der Waals surface area contributed by atoms with Crippen LogP contribution in [0.25, 0.3) is 11.1 Å². The Hall–Kier alpha value is -2.23. The molecule has 0 saturated heterocycles. The van der Waals surface area contributed by atoms with Gasteiger partial charge in [-0.3, -0.25) is 9.78 Å². The molecule has 2 rings (SSSR count). The predicted octanol–water partition coefficient (Wildman–Crippen LogP) is 2.82. The Morgan fingerprint density at radius 2 is 2.17 bits per heavy atom. The maximum Gasteiger partial charge on any atom is 0.309 e. The molecule has 92 valence electrons. The van der Waals surface area contributed by atoms with Crippen LogP contribution in [0.5, 0.6) is 0 Å². The van der Waals surface area contributed by atoms with Crippen LogP contribution in [0.2, 0.25) is 0 Å². The number of carboxylic acids is 1. The molecule has 1 N–H and O–H groups in total. The molecule has 4 heteroatoms. The second kappa shape index (κ2) is 4.96. The van der Waals surface area contributed by atoms with Crippen molar-refractivity contribution in [1.82, 2.24) is 4.98 Å². The monoisotopic (exact) mass is 245 g/mol. The van der Waals surface area contributed by atoms with Gasteiger partial charge in [0.25, 0.3) is 0 Å². The van der Waals surface area contributed by atoms with Gasteiger partial charge >= 0.3 is 5.97 Å². The second-order valence-electron chi connectivity index (χ2n) is 4.09. The third kappa shape index (κ3) is 2.71. The molecule has 0 aliphatic heterocycles. The Balaban J connectivity index is 2.54. The summed E-state index contributed by atoms with van der Waals surface area (Å²) >= 11 is 0. The first-order valence-electron chi connectivity index (χ1n) is 5.49. The maximum absolute atomic E-state index is 13.2. The zero-order valence-corrected chi connectivity index (χ0v) is 9.85. The summed E-state index contributed by atoms with van der Waals surface area (Å²) in [4.78, 5) is 14.9. The number of rotatable bonds is 3. The summed E-state index contributed by atoms with van der Waals surface area (Å²) in [6, 6.07) is 7.88. The molecule has 0 saturated carbocycles. The molecule has 0 spiro atoms. The third-order valence-electron chi connectivity index (χ3n) is 2.56. The molecule has 18 heavy (non-hydrogen) atoms. The highest BCUT2D eigenvalue weighted by Gasteiger charge is 2.11. The molecule has 0 radical (unpaired) electrons. The van der Waals surface area contributed by atoms with E-state index in [0.29, 0.717) is 16.8 Å². The van der Waals surface area contributed by atoms with Gasteiger partial charge in [-0.2, -0.15) is 0 Å². The van der Waals surface area contributed by atoms with E-state index >= 15 is 0 Å². The van der Waals surface area contributed by atoms with Gasteiger partial charge in [0, 0.05) is 11.8 Å². The molecule has 0 aliphatic rings. The van der Waals surface area contributed by atoms with Gasteiger partial charge in [0.2, 0.25) is 0 Å². The molecule has 0 atom stereocenters. The quantitative estimate of drug-likeness (QED) is 0.904. The topological polar surface area (TPSA) is 50.2 Å². The number of aromatic nitrogens is 1. The number of carbonyl (C=O) groups is 1. The van der Waals surface area contributed by atoms with Crippen LogP contribution < -0.4 is 0 Å². The van der Waals surface area contributed by atoms with Crippen molar-refractivity contribution >= 4 is 5.97 Å². The van der Waals surface area contributed by atoms with Crippen LogP contribution in [-0.4, -0.2) is 16.1 Å². The summed E-state index contributed by atoms with van der Waals surface area (Å²) in [5.41, 5.74) is 2.65. The molecular weight excluding hydrogens is 233 g/mol. The minimum atomic E-state index is -0.955. The summed E-state index contributed by atoms with van der Waals surface area (Å²) < 4.78 is 13.2. The van der Waals surface area contributed by atoms with Gasteiger partial charge in [-0.05, 0) is 36.2 Å². The summed E-state index contributed by atoms with van der Waals surface area (Å²) in [6.07, 6.45) is 1.44. The van der Waals surface area contributed by atoms with Crippen LogP contribution in [0.15, 0.2) is 36.5 Å². The number of benzene rings is 1. The summed E-state index contributed by atoms with van der Waals surface area (Å²) in [7, 11) is 0. The zero-order valence-electron chi connectivity index (χ0n) is 9.85. The molecule has 0 aliphatic carbocycles. The number of nitrogens with zero attached hydrogens (tertiary/aromatic N) is 1. The molecule has 0 amide bonds. The first-order chi connectivity index (χ1) is 8.56. The lowest BCUT2D eigenvalue weighted by Gasteiger charge is -2.08. The van der Waals surface area contributed by atoms with E-state index in [1.54, 1.807) is 18.3 Å². The lowest BCUT2D eigenvalue weighted by Crippen LogP contribution is -2.04. The smallest absolute Gasteiger partial charge is 0.309 e. The minimum absolute atomic E-state index is 0.174. The molecule has 1 heterocycles. The van der Waals surface area contributed by atoms with E-state index in [2.05, 4.69) is 4.98 Å². The Bertz CT molecular complexity index is 596. The summed E-state index contributed by atoms with van der Waals surface area (Å²) in [6.45, 7) is 1.86. The first-order valence-corrected chi connectivity index (χ1v) is 5.49. The molecule has 0 unspecified atom stereocenters. The van der Waals surface area contributed by atoms with Crippen molar-refractivity contribution in [2.45, 2.75) is 13.3 Å². The number of carboxylic acid groups (broad SMARTS) is 1. The summed E-state index contributed by atoms with van der Waals surface area (Å²) in [5, 5.41) is 8.85. The molecule has 0 fully saturated rings. The van der Waals surface area contributed by atoms with Crippen molar-refractivity contribution in [3.8, 4) is 11.1 Å². The summed E-state index contributed by atoms with van der Waals surface area (Å²) in [5.74, 6) is -1.31. The number of hydrogen-bond donors (Lipinski definition) is 1. The second-order valence-corrected chi connectivity index (χ2v) is 4.09. The molecule has 1 aromatic carbocycles. The fourth-order valence-electron chi connectivity index (χ4n) is 1.79. The predicted molar refractivity (Wildman–Crippen MR) is 65.7 cm³/mol. The minimum Gasteiger partial charge on any atom is -0.481 e. The largest absolute Gasteiger partial charge is 0.481 e. The standard InChI is InChI=1S/C14H12FNO2/c1-9-5-12(10-3-2-4-11(15)6-10)13(16-8-9)7-14(17)18/h2-6,8H,7H2,1H3,(H,17,18). The van der Waals surface area contributed by atoms with E-state index < -0.39 is 5.97 Å². The van der Waals surface area contributed by atoms with Gasteiger partial charge in [-0.15, -0.1) is 0 Å². The number of hydrogen-bond acceptors (Lipinski definition) is 2. The van der Waals surface area contributed by atoms with Crippen LogP contribution in [0.1, 0.15) is 11.3 Å². The fraction of sp³-hybridized carbons (Fsp3) is 0.143. The van der Waals surface area contributed by atoms with Crippen LogP contribution >= 0.6 is 0 Å². The Morgan fingerprint density at radius 1 is 1.39 bits per heavy atom. The average molecular weight is 245 g/mol. The van der Waals surface area contributed by atoms with Crippen molar-refractivity contribution < 1.29 is 14.3 Å². The van der Waals surface area contributed by atoms with Crippen LogP contribution in [-0.2, 0) is 11.2 Å². The molecule has 1 aromatic heterocycles. The van der Waals surface area contributed by atoms with Gasteiger partial charge in [0.15, 0.2) is 0 Å². The van der Waals surface area contributed by atoms with Crippen LogP contribution in [0, 0.1) is 12.7 Å². The van der Waals surface area contributed by atoms with Crippen molar-refractivity contribution in [3.63, 3.8) is 0 Å². The number of pyridine rings is 1. The SMILES string of the molecule is Cc1cnc(CC(=O)O)c(-c2cccc(F)c2)c1. The van der Waals surface area contributed by atoms with Gasteiger partial charge in [0.1, 0.15) is 5.82 Å². The van der Waals surface area contributed by atoms with E-state index in [4.69, 9.17) is 5.11 Å². The van der Waals surface area contributed by atoms with Crippen molar-refractivity contribution in [1.29, 1.82) is 0 Å². The number of aryl methyl sites for hydroxylation is 1. The first kappa shape index (κ1) is 12.2. The van der Waals surface area contributed by atoms with Gasteiger partial charge < -0.3 is 5.11 Å². The van der Waals surface area contributed by atoms with E-state index in [1.165, 1.54) is 12.1 Å². The highest BCUT2D eigenvalue weighted by Crippen LogP contribution is 2.24. The molecular formula is C14H12FNO2. The zero-order chi connectivity index (χ0) is 13.1. The lowest BCUT2D eigenvalue weighted by atomic mass is 10.0. The molecule has 0 bridgehead atoms. The van der Waals surface area contributed by atoms with E-state index in [0.717, 1.165) is 5.56 Å². The Kier molecular flexibility index (Phi) is 3.37. The van der Waals surface area contributed by atoms with Crippen molar-refractivity contribution in [2.75, 3.05) is 0 Å². The lowest BCUT2D eigenvalue weighted by molar-refractivity contribution is -0.136. The van der Waals surface area contributed by atoms with Gasteiger partial charge in [-0.25, -0.2) is 4.39 Å². The maximum atomic E-state index is 13.2. The van der Waals surface area contributed by atoms with Gasteiger partial charge in [-0.1, -0.05) is 12.1 Å². The van der Waals surface area contributed by atoms with Crippen molar-refractivity contribution in [3.05, 3.63) is 53.6 Å². The highest BCUT2D eigenvalue weighted by molar-refractivity contribution is 5.75. The number of aliphatic carboxylic acids is 1. The normalized spacial score (nSPS) is 10.3. The van der Waals surface area contributed by atoms with Crippen molar-refractivity contribution in [2.24, 2.45) is 0 Å². The van der Waals surface area contributed by atoms with E-state index in [9.17, 15) is 9.18 Å². The average Bonchev–Trinajstić information content (AvgIpc) is 2.31. The third-order valence-corrected chi connectivity index (χ3v) is 2.56. The molecule has 2 aromatic rings. The Morgan fingerprint density at radius 3 is 2.83 bits per heavy atom. The van der Waals surface area contributed by atoms with E-state index in [-0.39, 0.29) is 12.2 Å². The number of halogens is 1. The van der Waals surface area contributed by atoms with Gasteiger partial charge in [0.05, 0.1) is 12.1 Å².